The Morgan fingerprint density at radius 1 is 1.26 bits per heavy atom. The highest BCUT2D eigenvalue weighted by Gasteiger charge is 2.37. The van der Waals surface area contributed by atoms with Crippen LogP contribution in [0.5, 0.6) is 0 Å². The quantitative estimate of drug-likeness (QED) is 0.840. The Labute approximate surface area is 116 Å². The molecule has 19 heavy (non-hydrogen) atoms. The third-order valence-corrected chi connectivity index (χ3v) is 4.93. The zero-order chi connectivity index (χ0) is 13.8. The summed E-state index contributed by atoms with van der Waals surface area (Å²) in [6.45, 7) is 4.31. The van der Waals surface area contributed by atoms with E-state index in [9.17, 15) is 9.90 Å². The number of hydrogen-bond donors (Lipinski definition) is 1. The van der Waals surface area contributed by atoms with Crippen molar-refractivity contribution in [1.29, 1.82) is 0 Å². The van der Waals surface area contributed by atoms with Gasteiger partial charge in [0, 0.05) is 25.6 Å². The molecule has 1 aliphatic carbocycles. The molecule has 0 aromatic heterocycles. The smallest absolute Gasteiger partial charge is 0.236 e. The third-order valence-electron chi connectivity index (χ3n) is 4.93. The van der Waals surface area contributed by atoms with E-state index in [-0.39, 0.29) is 12.0 Å². The predicted octanol–water partition coefficient (Wildman–Crippen LogP) is 1.48. The fourth-order valence-electron chi connectivity index (χ4n) is 3.59. The van der Waals surface area contributed by atoms with E-state index in [4.69, 9.17) is 0 Å². The van der Waals surface area contributed by atoms with Gasteiger partial charge in [-0.25, -0.2) is 0 Å². The molecule has 0 radical (unpaired) electrons. The van der Waals surface area contributed by atoms with Crippen LogP contribution in [0.2, 0.25) is 0 Å². The summed E-state index contributed by atoms with van der Waals surface area (Å²) in [6.07, 6.45) is 6.61. The Morgan fingerprint density at radius 3 is 2.68 bits per heavy atom. The molecule has 1 saturated carbocycles. The van der Waals surface area contributed by atoms with E-state index in [1.165, 1.54) is 6.42 Å². The number of carbonyl (C=O) groups is 1. The number of nitrogens with zero attached hydrogens (tertiary/aromatic N) is 2. The van der Waals surface area contributed by atoms with E-state index < -0.39 is 0 Å². The molecule has 2 aliphatic rings. The minimum Gasteiger partial charge on any atom is -0.393 e. The van der Waals surface area contributed by atoms with Gasteiger partial charge in [0.05, 0.1) is 12.6 Å². The minimum atomic E-state index is -0.154. The van der Waals surface area contributed by atoms with E-state index in [1.807, 2.05) is 14.0 Å². The molecule has 0 bridgehead atoms. The summed E-state index contributed by atoms with van der Waals surface area (Å²) in [5.74, 6) is 0.593. The van der Waals surface area contributed by atoms with Gasteiger partial charge in [-0.05, 0) is 39.2 Å². The van der Waals surface area contributed by atoms with Crippen LogP contribution >= 0.6 is 0 Å². The number of aliphatic hydroxyl groups is 1. The summed E-state index contributed by atoms with van der Waals surface area (Å²) in [5, 5.41) is 10.2. The number of likely N-dealkylation sites (tertiary alicyclic amines) is 1. The normalized spacial score (nSPS) is 32.5. The lowest BCUT2D eigenvalue weighted by molar-refractivity contribution is -0.131. The number of amides is 1. The van der Waals surface area contributed by atoms with Crippen molar-refractivity contribution in [2.45, 2.75) is 57.6 Å². The van der Waals surface area contributed by atoms with E-state index in [2.05, 4.69) is 4.90 Å². The average molecular weight is 268 g/mol. The molecule has 3 atom stereocenters. The van der Waals surface area contributed by atoms with Gasteiger partial charge < -0.3 is 10.0 Å². The second kappa shape index (κ2) is 6.71. The SMILES string of the molecule is CCN(C)C(=O)CN1CCCC1C1CCCCC1O. The monoisotopic (exact) mass is 268 g/mol. The highest BCUT2D eigenvalue weighted by molar-refractivity contribution is 5.78. The Balaban J connectivity index is 1.94. The molecule has 1 saturated heterocycles. The largest absolute Gasteiger partial charge is 0.393 e. The predicted molar refractivity (Wildman–Crippen MR) is 75.9 cm³/mol. The molecule has 1 aliphatic heterocycles. The summed E-state index contributed by atoms with van der Waals surface area (Å²) in [7, 11) is 1.86. The van der Waals surface area contributed by atoms with Crippen LogP contribution in [0.3, 0.4) is 0 Å². The number of likely N-dealkylation sites (N-methyl/N-ethyl adjacent to an activating group) is 1. The van der Waals surface area contributed by atoms with Gasteiger partial charge in [0.25, 0.3) is 0 Å². The Bertz CT molecular complexity index is 309. The molecule has 4 heteroatoms. The van der Waals surface area contributed by atoms with Crippen molar-refractivity contribution >= 4 is 5.91 Å². The van der Waals surface area contributed by atoms with E-state index in [0.29, 0.717) is 18.5 Å². The highest BCUT2D eigenvalue weighted by atomic mass is 16.3. The zero-order valence-electron chi connectivity index (χ0n) is 12.3. The molecule has 3 unspecified atom stereocenters. The summed E-state index contributed by atoms with van der Waals surface area (Å²) >= 11 is 0. The van der Waals surface area contributed by atoms with Crippen molar-refractivity contribution in [2.24, 2.45) is 5.92 Å². The van der Waals surface area contributed by atoms with Crippen LogP contribution in [-0.2, 0) is 4.79 Å². The first kappa shape index (κ1) is 14.8. The maximum absolute atomic E-state index is 12.1. The first-order valence-electron chi connectivity index (χ1n) is 7.79. The maximum atomic E-state index is 12.1. The molecule has 0 aromatic rings. The Morgan fingerprint density at radius 2 is 2.00 bits per heavy atom. The minimum absolute atomic E-state index is 0.154. The number of carbonyl (C=O) groups excluding carboxylic acids is 1. The fraction of sp³-hybridized carbons (Fsp3) is 0.933. The molecule has 1 heterocycles. The van der Waals surface area contributed by atoms with E-state index in [0.717, 1.165) is 45.2 Å². The first-order chi connectivity index (χ1) is 9.13. The Hall–Kier alpha value is -0.610. The lowest BCUT2D eigenvalue weighted by Gasteiger charge is -2.37. The molecule has 0 spiro atoms. The molecule has 1 N–H and O–H groups in total. The van der Waals surface area contributed by atoms with Crippen molar-refractivity contribution in [3.63, 3.8) is 0 Å². The van der Waals surface area contributed by atoms with Crippen LogP contribution < -0.4 is 0 Å². The molecule has 4 nitrogen and oxygen atoms in total. The molecule has 2 rings (SSSR count). The maximum Gasteiger partial charge on any atom is 0.236 e. The van der Waals surface area contributed by atoms with Crippen molar-refractivity contribution < 1.29 is 9.90 Å². The number of rotatable bonds is 4. The van der Waals surface area contributed by atoms with Crippen molar-refractivity contribution in [3.8, 4) is 0 Å². The van der Waals surface area contributed by atoms with Gasteiger partial charge in [-0.15, -0.1) is 0 Å². The van der Waals surface area contributed by atoms with Crippen LogP contribution in [0, 0.1) is 5.92 Å². The van der Waals surface area contributed by atoms with Crippen LogP contribution in [0.25, 0.3) is 0 Å². The van der Waals surface area contributed by atoms with Gasteiger partial charge in [0.2, 0.25) is 5.91 Å². The molecule has 110 valence electrons. The van der Waals surface area contributed by atoms with Crippen LogP contribution in [0.4, 0.5) is 0 Å². The summed E-state index contributed by atoms with van der Waals surface area (Å²) in [4.78, 5) is 16.2. The topological polar surface area (TPSA) is 43.8 Å². The summed E-state index contributed by atoms with van der Waals surface area (Å²) in [5.41, 5.74) is 0. The zero-order valence-corrected chi connectivity index (χ0v) is 12.3. The molecule has 0 aromatic carbocycles. The highest BCUT2D eigenvalue weighted by Crippen LogP contribution is 2.34. The average Bonchev–Trinajstić information content (AvgIpc) is 2.86. The van der Waals surface area contributed by atoms with Gasteiger partial charge >= 0.3 is 0 Å². The van der Waals surface area contributed by atoms with Gasteiger partial charge in [-0.3, -0.25) is 9.69 Å². The molecule has 1 amide bonds. The van der Waals surface area contributed by atoms with Gasteiger partial charge in [0.15, 0.2) is 0 Å². The van der Waals surface area contributed by atoms with Gasteiger partial charge in [-0.2, -0.15) is 0 Å². The van der Waals surface area contributed by atoms with Crippen molar-refractivity contribution in [3.05, 3.63) is 0 Å². The van der Waals surface area contributed by atoms with E-state index in [1.54, 1.807) is 4.90 Å². The van der Waals surface area contributed by atoms with Gasteiger partial charge in [-0.1, -0.05) is 12.8 Å². The van der Waals surface area contributed by atoms with Gasteiger partial charge in [0.1, 0.15) is 0 Å². The Kier molecular flexibility index (Phi) is 5.22. The number of hydrogen-bond acceptors (Lipinski definition) is 3. The first-order valence-corrected chi connectivity index (χ1v) is 7.79. The lowest BCUT2D eigenvalue weighted by atomic mass is 9.80. The second-order valence-electron chi connectivity index (χ2n) is 6.10. The van der Waals surface area contributed by atoms with Crippen molar-refractivity contribution in [1.82, 2.24) is 9.80 Å². The summed E-state index contributed by atoms with van der Waals surface area (Å²) < 4.78 is 0. The summed E-state index contributed by atoms with van der Waals surface area (Å²) in [6, 6.07) is 0.421. The molecular formula is C15H28N2O2. The third kappa shape index (κ3) is 3.48. The lowest BCUT2D eigenvalue weighted by Crippen LogP contribution is -2.46. The second-order valence-corrected chi connectivity index (χ2v) is 6.10. The standard InChI is InChI=1S/C15H28N2O2/c1-3-16(2)15(19)11-17-10-6-8-13(17)12-7-4-5-9-14(12)18/h12-14,18H,3-11H2,1-2H3. The number of aliphatic hydroxyl groups excluding tert-OH is 1. The van der Waals surface area contributed by atoms with Crippen molar-refractivity contribution in [2.75, 3.05) is 26.7 Å². The molecule has 2 fully saturated rings. The fourth-order valence-corrected chi connectivity index (χ4v) is 3.59. The van der Waals surface area contributed by atoms with Crippen LogP contribution in [0.15, 0.2) is 0 Å². The molecular weight excluding hydrogens is 240 g/mol. The van der Waals surface area contributed by atoms with E-state index >= 15 is 0 Å². The van der Waals surface area contributed by atoms with Crippen LogP contribution in [0.1, 0.15) is 45.4 Å². The van der Waals surface area contributed by atoms with Crippen LogP contribution in [-0.4, -0.2) is 59.6 Å².